The largest absolute Gasteiger partial charge is 0.492 e. The number of nitrogens with one attached hydrogen (secondary N) is 1. The van der Waals surface area contributed by atoms with Gasteiger partial charge >= 0.3 is 0 Å². The number of likely N-dealkylation sites (tertiary alicyclic amines) is 1. The quantitative estimate of drug-likeness (QED) is 0.366. The number of nitrogen functional groups attached to an aromatic ring is 1. The van der Waals surface area contributed by atoms with Crippen LogP contribution in [-0.4, -0.2) is 37.0 Å². The van der Waals surface area contributed by atoms with Crippen LogP contribution in [0.1, 0.15) is 62.3 Å². The highest BCUT2D eigenvalue weighted by molar-refractivity contribution is 5.92. The van der Waals surface area contributed by atoms with Crippen LogP contribution in [0.5, 0.6) is 5.75 Å². The number of hydrogen-bond donors (Lipinski definition) is 2. The number of anilines is 1. The van der Waals surface area contributed by atoms with E-state index in [0.29, 0.717) is 17.7 Å². The normalized spacial score (nSPS) is 14.7. The molecule has 188 valence electrons. The van der Waals surface area contributed by atoms with E-state index < -0.39 is 5.82 Å². The Bertz CT molecular complexity index is 1070. The SMILES string of the molecule is C=Cc1cc(CNC(=O)/C=C/c2ccc(C(C)(C)C)cc2OCCN2CCCCC2)cc(F)c1N. The van der Waals surface area contributed by atoms with Crippen LogP contribution in [0.15, 0.2) is 43.0 Å². The number of benzene rings is 2. The molecule has 1 aliphatic rings. The zero-order chi connectivity index (χ0) is 25.4. The van der Waals surface area contributed by atoms with Gasteiger partial charge in [0.05, 0.1) is 5.69 Å². The summed E-state index contributed by atoms with van der Waals surface area (Å²) in [6.07, 6.45) is 8.55. The minimum atomic E-state index is -0.521. The van der Waals surface area contributed by atoms with Gasteiger partial charge in [-0.05, 0) is 66.7 Å². The van der Waals surface area contributed by atoms with E-state index >= 15 is 0 Å². The minimum absolute atomic E-state index is 0.0107. The molecular formula is C29H38FN3O2. The van der Waals surface area contributed by atoms with Crippen molar-refractivity contribution in [2.75, 3.05) is 32.0 Å². The van der Waals surface area contributed by atoms with Gasteiger partial charge in [-0.25, -0.2) is 4.39 Å². The summed E-state index contributed by atoms with van der Waals surface area (Å²) in [5, 5.41) is 2.79. The first-order valence-corrected chi connectivity index (χ1v) is 12.3. The first kappa shape index (κ1) is 26.5. The molecule has 1 saturated heterocycles. The van der Waals surface area contributed by atoms with Crippen LogP contribution in [0.4, 0.5) is 10.1 Å². The molecule has 1 heterocycles. The van der Waals surface area contributed by atoms with Crippen LogP contribution < -0.4 is 15.8 Å². The van der Waals surface area contributed by atoms with Crippen LogP contribution >= 0.6 is 0 Å². The Balaban J connectivity index is 1.66. The monoisotopic (exact) mass is 479 g/mol. The topological polar surface area (TPSA) is 67.6 Å². The molecule has 1 fully saturated rings. The highest BCUT2D eigenvalue weighted by atomic mass is 19.1. The summed E-state index contributed by atoms with van der Waals surface area (Å²) < 4.78 is 20.2. The third-order valence-electron chi connectivity index (χ3n) is 6.32. The van der Waals surface area contributed by atoms with Gasteiger partial charge < -0.3 is 15.8 Å². The van der Waals surface area contributed by atoms with Crippen LogP contribution in [0.25, 0.3) is 12.2 Å². The second-order valence-electron chi connectivity index (χ2n) is 10.1. The first-order chi connectivity index (χ1) is 16.7. The fourth-order valence-corrected chi connectivity index (χ4v) is 4.11. The van der Waals surface area contributed by atoms with Gasteiger partial charge in [-0.3, -0.25) is 9.69 Å². The van der Waals surface area contributed by atoms with Crippen molar-refractivity contribution in [2.24, 2.45) is 0 Å². The van der Waals surface area contributed by atoms with Crippen LogP contribution in [0.2, 0.25) is 0 Å². The van der Waals surface area contributed by atoms with E-state index in [1.807, 2.05) is 6.07 Å². The lowest BCUT2D eigenvalue weighted by atomic mass is 9.86. The van der Waals surface area contributed by atoms with E-state index in [1.165, 1.54) is 43.0 Å². The number of carbonyl (C=O) groups is 1. The third-order valence-corrected chi connectivity index (χ3v) is 6.32. The molecule has 1 aliphatic heterocycles. The Morgan fingerprint density at radius 3 is 2.60 bits per heavy atom. The zero-order valence-corrected chi connectivity index (χ0v) is 21.2. The number of carbonyl (C=O) groups excluding carboxylic acids is 1. The van der Waals surface area contributed by atoms with E-state index in [0.717, 1.165) is 30.9 Å². The van der Waals surface area contributed by atoms with Crippen molar-refractivity contribution in [1.82, 2.24) is 10.2 Å². The van der Waals surface area contributed by atoms with E-state index in [9.17, 15) is 9.18 Å². The molecule has 3 N–H and O–H groups in total. The Morgan fingerprint density at radius 2 is 1.91 bits per heavy atom. The molecule has 5 nitrogen and oxygen atoms in total. The molecule has 6 heteroatoms. The fourth-order valence-electron chi connectivity index (χ4n) is 4.11. The second-order valence-corrected chi connectivity index (χ2v) is 10.1. The average Bonchev–Trinajstić information content (AvgIpc) is 2.83. The van der Waals surface area contributed by atoms with Gasteiger partial charge in [0.15, 0.2) is 0 Å². The number of rotatable bonds is 9. The number of halogens is 1. The summed E-state index contributed by atoms with van der Waals surface area (Å²) in [4.78, 5) is 14.9. The van der Waals surface area contributed by atoms with E-state index in [1.54, 1.807) is 12.1 Å². The highest BCUT2D eigenvalue weighted by Crippen LogP contribution is 2.29. The Kier molecular flexibility index (Phi) is 9.10. The first-order valence-electron chi connectivity index (χ1n) is 12.3. The summed E-state index contributed by atoms with van der Waals surface area (Å²) in [5.41, 5.74) is 8.89. The molecule has 3 rings (SSSR count). The smallest absolute Gasteiger partial charge is 0.244 e. The predicted molar refractivity (Wildman–Crippen MR) is 143 cm³/mol. The lowest BCUT2D eigenvalue weighted by molar-refractivity contribution is -0.116. The lowest BCUT2D eigenvalue weighted by Gasteiger charge is -2.26. The van der Waals surface area contributed by atoms with Gasteiger partial charge in [-0.1, -0.05) is 52.0 Å². The highest BCUT2D eigenvalue weighted by Gasteiger charge is 2.16. The average molecular weight is 480 g/mol. The molecule has 0 spiro atoms. The van der Waals surface area contributed by atoms with E-state index in [-0.39, 0.29) is 23.6 Å². The van der Waals surface area contributed by atoms with Gasteiger partial charge in [0, 0.05) is 30.3 Å². The maximum Gasteiger partial charge on any atom is 0.244 e. The van der Waals surface area contributed by atoms with Gasteiger partial charge in [-0.2, -0.15) is 0 Å². The summed E-state index contributed by atoms with van der Waals surface area (Å²) in [6, 6.07) is 9.18. The number of ether oxygens (including phenoxy) is 1. The summed E-state index contributed by atoms with van der Waals surface area (Å²) in [5.74, 6) is -0.0243. The molecule has 0 unspecified atom stereocenters. The maximum absolute atomic E-state index is 14.0. The summed E-state index contributed by atoms with van der Waals surface area (Å²) in [7, 11) is 0. The van der Waals surface area contributed by atoms with Gasteiger partial charge in [0.2, 0.25) is 5.91 Å². The van der Waals surface area contributed by atoms with Crippen molar-refractivity contribution >= 4 is 23.7 Å². The maximum atomic E-state index is 14.0. The molecule has 0 atom stereocenters. The zero-order valence-electron chi connectivity index (χ0n) is 21.2. The van der Waals surface area contributed by atoms with Crippen molar-refractivity contribution in [2.45, 2.75) is 52.0 Å². The Hall–Kier alpha value is -3.12. The molecule has 1 amide bonds. The molecule has 0 aromatic heterocycles. The van der Waals surface area contributed by atoms with E-state index in [4.69, 9.17) is 10.5 Å². The molecule has 0 bridgehead atoms. The molecular weight excluding hydrogens is 441 g/mol. The molecule has 0 radical (unpaired) electrons. The second kappa shape index (κ2) is 12.0. The number of piperidine rings is 1. The number of nitrogens with zero attached hydrogens (tertiary/aromatic N) is 1. The molecule has 2 aromatic rings. The van der Waals surface area contributed by atoms with Gasteiger partial charge in [0.1, 0.15) is 18.2 Å². The fraction of sp³-hybridized carbons (Fsp3) is 0.414. The van der Waals surface area contributed by atoms with Gasteiger partial charge in [0.25, 0.3) is 0 Å². The van der Waals surface area contributed by atoms with Crippen molar-refractivity contribution in [3.63, 3.8) is 0 Å². The summed E-state index contributed by atoms with van der Waals surface area (Å²) >= 11 is 0. The van der Waals surface area contributed by atoms with E-state index in [2.05, 4.69) is 49.7 Å². The number of nitrogens with two attached hydrogens (primary N) is 1. The van der Waals surface area contributed by atoms with Crippen LogP contribution in [0, 0.1) is 5.82 Å². The summed E-state index contributed by atoms with van der Waals surface area (Å²) in [6.45, 7) is 14.1. The molecule has 0 saturated carbocycles. The number of amides is 1. The van der Waals surface area contributed by atoms with Crippen LogP contribution in [-0.2, 0) is 16.8 Å². The van der Waals surface area contributed by atoms with Gasteiger partial charge in [-0.15, -0.1) is 0 Å². The van der Waals surface area contributed by atoms with Crippen LogP contribution in [0.3, 0.4) is 0 Å². The Labute approximate surface area is 208 Å². The number of hydrogen-bond acceptors (Lipinski definition) is 4. The lowest BCUT2D eigenvalue weighted by Crippen LogP contribution is -2.33. The predicted octanol–water partition coefficient (Wildman–Crippen LogP) is 5.54. The van der Waals surface area contributed by atoms with Crippen molar-refractivity contribution in [1.29, 1.82) is 0 Å². The Morgan fingerprint density at radius 1 is 1.17 bits per heavy atom. The minimum Gasteiger partial charge on any atom is -0.492 e. The molecule has 2 aromatic carbocycles. The van der Waals surface area contributed by atoms with Crippen molar-refractivity contribution < 1.29 is 13.9 Å². The third kappa shape index (κ3) is 7.69. The molecule has 35 heavy (non-hydrogen) atoms. The van der Waals surface area contributed by atoms with Crippen molar-refractivity contribution in [3.05, 3.63) is 71.1 Å². The molecule has 0 aliphatic carbocycles. The standard InChI is InChI=1S/C29H38FN3O2/c1-5-22-17-21(18-25(30)28(22)31)20-32-27(34)12-10-23-9-11-24(29(2,3)4)19-26(23)35-16-15-33-13-7-6-8-14-33/h5,9-12,17-19H,1,6-8,13-16,20,31H2,2-4H3,(H,32,34)/b12-10+. The van der Waals surface area contributed by atoms with Crippen molar-refractivity contribution in [3.8, 4) is 5.75 Å².